The minimum absolute atomic E-state index is 0.233. The Morgan fingerprint density at radius 2 is 1.84 bits per heavy atom. The molecule has 2 N–H and O–H groups in total. The number of nitrogens with zero attached hydrogens (tertiary/aromatic N) is 1. The van der Waals surface area contributed by atoms with Crippen LogP contribution in [0.4, 0.5) is 9.18 Å². The van der Waals surface area contributed by atoms with Gasteiger partial charge < -0.3 is 20.1 Å². The van der Waals surface area contributed by atoms with E-state index in [0.29, 0.717) is 22.9 Å². The highest BCUT2D eigenvalue weighted by molar-refractivity contribution is 6.30. The minimum Gasteiger partial charge on any atom is -0.482 e. The number of benzene rings is 3. The molecule has 32 heavy (non-hydrogen) atoms. The minimum atomic E-state index is -1.10. The number of carbonyl (C=O) groups is 2. The summed E-state index contributed by atoms with van der Waals surface area (Å²) in [5, 5.41) is 12.3. The van der Waals surface area contributed by atoms with Crippen molar-refractivity contribution in [2.24, 2.45) is 0 Å². The van der Waals surface area contributed by atoms with E-state index < -0.39 is 18.6 Å². The Labute approximate surface area is 189 Å². The monoisotopic (exact) mass is 454 g/mol. The van der Waals surface area contributed by atoms with Crippen molar-refractivity contribution in [1.82, 2.24) is 10.2 Å². The lowest BCUT2D eigenvalue weighted by Gasteiger charge is -2.27. The van der Waals surface area contributed by atoms with Gasteiger partial charge in [-0.25, -0.2) is 14.0 Å². The van der Waals surface area contributed by atoms with Crippen LogP contribution in [0.5, 0.6) is 5.75 Å². The molecule has 1 unspecified atom stereocenters. The lowest BCUT2D eigenvalue weighted by Crippen LogP contribution is -2.39. The van der Waals surface area contributed by atoms with Gasteiger partial charge in [-0.2, -0.15) is 0 Å². The Hall–Kier alpha value is -3.58. The van der Waals surface area contributed by atoms with E-state index in [2.05, 4.69) is 5.32 Å². The van der Waals surface area contributed by atoms with Crippen LogP contribution in [0.25, 0.3) is 0 Å². The molecule has 1 aliphatic heterocycles. The molecular weight excluding hydrogens is 435 g/mol. The third-order valence-electron chi connectivity index (χ3n) is 5.24. The molecule has 3 aromatic carbocycles. The van der Waals surface area contributed by atoms with E-state index >= 15 is 0 Å². The Morgan fingerprint density at radius 3 is 2.59 bits per heavy atom. The van der Waals surface area contributed by atoms with Crippen LogP contribution in [-0.2, 0) is 17.9 Å². The number of hydrogen-bond acceptors (Lipinski definition) is 3. The van der Waals surface area contributed by atoms with Gasteiger partial charge in [-0.05, 0) is 47.0 Å². The molecule has 0 aliphatic carbocycles. The fraction of sp³-hybridized carbons (Fsp3) is 0.167. The molecule has 1 atom stereocenters. The molecule has 6 nitrogen and oxygen atoms in total. The van der Waals surface area contributed by atoms with Gasteiger partial charge in [0.25, 0.3) is 0 Å². The Morgan fingerprint density at radius 1 is 1.09 bits per heavy atom. The molecule has 0 fully saturated rings. The second-order valence-corrected chi connectivity index (χ2v) is 7.82. The van der Waals surface area contributed by atoms with Crippen molar-refractivity contribution in [2.45, 2.75) is 19.1 Å². The van der Waals surface area contributed by atoms with Crippen LogP contribution >= 0.6 is 11.6 Å². The number of rotatable bonds is 6. The van der Waals surface area contributed by atoms with E-state index in [1.807, 2.05) is 24.3 Å². The van der Waals surface area contributed by atoms with E-state index in [1.165, 1.54) is 12.1 Å². The number of carboxylic acid groups (broad SMARTS) is 1. The molecule has 4 rings (SSSR count). The first-order chi connectivity index (χ1) is 15.4. The molecule has 0 spiro atoms. The highest BCUT2D eigenvalue weighted by Crippen LogP contribution is 2.42. The first kappa shape index (κ1) is 21.6. The van der Waals surface area contributed by atoms with Gasteiger partial charge in [0.2, 0.25) is 0 Å². The zero-order valence-corrected chi connectivity index (χ0v) is 17.7. The number of ether oxygens (including phenoxy) is 1. The van der Waals surface area contributed by atoms with Crippen molar-refractivity contribution in [3.05, 3.63) is 99.8 Å². The SMILES string of the molecule is O=C(O)COc1ccc(Cl)cc1C1c2ccccc2CN1C(=O)NCc1ccc(F)cc1. The number of halogens is 2. The van der Waals surface area contributed by atoms with Crippen LogP contribution in [-0.4, -0.2) is 28.6 Å². The number of aliphatic carboxylic acids is 1. The van der Waals surface area contributed by atoms with E-state index in [9.17, 15) is 14.0 Å². The lowest BCUT2D eigenvalue weighted by molar-refractivity contribution is -0.139. The summed E-state index contributed by atoms with van der Waals surface area (Å²) in [6.45, 7) is 0.0807. The van der Waals surface area contributed by atoms with Crippen LogP contribution in [0, 0.1) is 5.82 Å². The van der Waals surface area contributed by atoms with Gasteiger partial charge in [0.05, 0.1) is 6.04 Å². The number of urea groups is 1. The van der Waals surface area contributed by atoms with Gasteiger partial charge in [0, 0.05) is 23.7 Å². The first-order valence-corrected chi connectivity index (χ1v) is 10.3. The van der Waals surface area contributed by atoms with Crippen LogP contribution in [0.2, 0.25) is 5.02 Å². The van der Waals surface area contributed by atoms with E-state index in [-0.39, 0.29) is 18.4 Å². The highest BCUT2D eigenvalue weighted by Gasteiger charge is 2.36. The predicted octanol–water partition coefficient (Wildman–Crippen LogP) is 4.76. The van der Waals surface area contributed by atoms with Gasteiger partial charge >= 0.3 is 12.0 Å². The number of carbonyl (C=O) groups excluding carboxylic acids is 1. The lowest BCUT2D eigenvalue weighted by atomic mass is 9.97. The number of hydrogen-bond donors (Lipinski definition) is 2. The summed E-state index contributed by atoms with van der Waals surface area (Å²) in [7, 11) is 0. The Kier molecular flexibility index (Phi) is 6.28. The van der Waals surface area contributed by atoms with Gasteiger partial charge in [0.15, 0.2) is 6.61 Å². The average molecular weight is 455 g/mol. The third-order valence-corrected chi connectivity index (χ3v) is 5.47. The highest BCUT2D eigenvalue weighted by atomic mass is 35.5. The van der Waals surface area contributed by atoms with Crippen molar-refractivity contribution in [3.63, 3.8) is 0 Å². The van der Waals surface area contributed by atoms with Gasteiger partial charge in [-0.15, -0.1) is 0 Å². The third kappa shape index (κ3) is 4.68. The van der Waals surface area contributed by atoms with Gasteiger partial charge in [0.1, 0.15) is 11.6 Å². The second kappa shape index (κ2) is 9.28. The molecule has 2 amide bonds. The fourth-order valence-electron chi connectivity index (χ4n) is 3.80. The van der Waals surface area contributed by atoms with Gasteiger partial charge in [-0.1, -0.05) is 48.0 Å². The zero-order valence-electron chi connectivity index (χ0n) is 16.9. The maximum Gasteiger partial charge on any atom is 0.341 e. The summed E-state index contributed by atoms with van der Waals surface area (Å²) < 4.78 is 18.6. The van der Waals surface area contributed by atoms with Gasteiger partial charge in [-0.3, -0.25) is 0 Å². The molecule has 3 aromatic rings. The van der Waals surface area contributed by atoms with Crippen LogP contribution < -0.4 is 10.1 Å². The van der Waals surface area contributed by atoms with Crippen LogP contribution in [0.1, 0.15) is 28.3 Å². The summed E-state index contributed by atoms with van der Waals surface area (Å²) in [4.78, 5) is 25.9. The number of carboxylic acids is 1. The molecule has 0 saturated carbocycles. The molecule has 164 valence electrons. The summed E-state index contributed by atoms with van der Waals surface area (Å²) in [5.41, 5.74) is 3.24. The molecule has 1 heterocycles. The first-order valence-electron chi connectivity index (χ1n) is 9.93. The van der Waals surface area contributed by atoms with E-state index in [4.69, 9.17) is 21.4 Å². The van der Waals surface area contributed by atoms with E-state index in [0.717, 1.165) is 16.7 Å². The fourth-order valence-corrected chi connectivity index (χ4v) is 3.98. The molecule has 0 aromatic heterocycles. The quantitative estimate of drug-likeness (QED) is 0.563. The smallest absolute Gasteiger partial charge is 0.341 e. The number of nitrogens with one attached hydrogen (secondary N) is 1. The van der Waals surface area contributed by atoms with E-state index in [1.54, 1.807) is 35.2 Å². The normalized spacial score (nSPS) is 14.7. The number of amides is 2. The molecular formula is C24H20ClFN2O4. The summed E-state index contributed by atoms with van der Waals surface area (Å²) in [6, 6.07) is 17.6. The van der Waals surface area contributed by atoms with Crippen molar-refractivity contribution in [2.75, 3.05) is 6.61 Å². The van der Waals surface area contributed by atoms with Crippen molar-refractivity contribution in [3.8, 4) is 5.75 Å². The molecule has 1 aliphatic rings. The summed E-state index contributed by atoms with van der Waals surface area (Å²) in [5.74, 6) is -1.11. The zero-order chi connectivity index (χ0) is 22.7. The molecule has 0 bridgehead atoms. The van der Waals surface area contributed by atoms with Crippen LogP contribution in [0.15, 0.2) is 66.7 Å². The standard InChI is InChI=1S/C24H20ClFN2O4/c25-17-7-10-21(32-14-22(29)30)20(11-17)23-19-4-2-1-3-16(19)13-28(23)24(31)27-12-15-5-8-18(26)9-6-15/h1-11,23H,12-14H2,(H,27,31)(H,29,30). The maximum atomic E-state index is 13.2. The largest absolute Gasteiger partial charge is 0.482 e. The summed E-state index contributed by atoms with van der Waals surface area (Å²) >= 11 is 6.24. The second-order valence-electron chi connectivity index (χ2n) is 7.38. The molecule has 0 radical (unpaired) electrons. The maximum absolute atomic E-state index is 13.2. The van der Waals surface area contributed by atoms with Crippen molar-refractivity contribution >= 4 is 23.6 Å². The summed E-state index contributed by atoms with van der Waals surface area (Å²) in [6.07, 6.45) is 0. The number of fused-ring (bicyclic) bond motifs is 1. The topological polar surface area (TPSA) is 78.9 Å². The predicted molar refractivity (Wildman–Crippen MR) is 117 cm³/mol. The molecule has 0 saturated heterocycles. The van der Waals surface area contributed by atoms with Crippen molar-refractivity contribution < 1.29 is 23.8 Å². The van der Waals surface area contributed by atoms with Crippen LogP contribution in [0.3, 0.4) is 0 Å². The Bertz CT molecular complexity index is 1150. The average Bonchev–Trinajstić information content (AvgIpc) is 3.17. The molecule has 8 heteroatoms. The van der Waals surface area contributed by atoms with Crippen molar-refractivity contribution in [1.29, 1.82) is 0 Å². The Balaban J connectivity index is 1.65.